The summed E-state index contributed by atoms with van der Waals surface area (Å²) in [5.41, 5.74) is 5.91. The first-order valence-electron chi connectivity index (χ1n) is 9.78. The molecule has 30 heavy (non-hydrogen) atoms. The van der Waals surface area contributed by atoms with Gasteiger partial charge in [0.15, 0.2) is 0 Å². The van der Waals surface area contributed by atoms with E-state index in [0.717, 1.165) is 29.1 Å². The first kappa shape index (κ1) is 20.3. The van der Waals surface area contributed by atoms with Crippen LogP contribution in [0.3, 0.4) is 0 Å². The molecule has 0 spiro atoms. The fourth-order valence-electron chi connectivity index (χ4n) is 3.23. The summed E-state index contributed by atoms with van der Waals surface area (Å²) in [7, 11) is 0. The number of hydrogen-bond acceptors (Lipinski definition) is 3. The van der Waals surface area contributed by atoms with Gasteiger partial charge in [-0.15, -0.1) is 0 Å². The Morgan fingerprint density at radius 1 is 0.933 bits per heavy atom. The zero-order valence-corrected chi connectivity index (χ0v) is 17.4. The Hall–Kier alpha value is -3.02. The fourth-order valence-corrected chi connectivity index (χ4v) is 3.45. The van der Waals surface area contributed by atoms with Gasteiger partial charge in [0, 0.05) is 23.7 Å². The predicted octanol–water partition coefficient (Wildman–Crippen LogP) is 5.38. The lowest BCUT2D eigenvalue weighted by atomic mass is 10.1. The van der Waals surface area contributed by atoms with E-state index in [4.69, 9.17) is 11.6 Å². The molecule has 4 rings (SSSR count). The predicted molar refractivity (Wildman–Crippen MR) is 118 cm³/mol. The lowest BCUT2D eigenvalue weighted by Crippen LogP contribution is -2.14. The molecule has 0 radical (unpaired) electrons. The molecule has 0 unspecified atom stereocenters. The molecule has 0 aliphatic heterocycles. The van der Waals surface area contributed by atoms with Crippen LogP contribution in [0.1, 0.15) is 22.4 Å². The third-order valence-electron chi connectivity index (χ3n) is 4.84. The van der Waals surface area contributed by atoms with Crippen LogP contribution < -0.4 is 5.32 Å². The molecule has 152 valence electrons. The van der Waals surface area contributed by atoms with Gasteiger partial charge in [0.1, 0.15) is 17.2 Å². The Balaban J connectivity index is 1.55. The van der Waals surface area contributed by atoms with Gasteiger partial charge in [0.25, 0.3) is 0 Å². The molecule has 0 saturated heterocycles. The molecule has 0 fully saturated rings. The van der Waals surface area contributed by atoms with Crippen LogP contribution in [-0.4, -0.2) is 15.0 Å². The molecule has 3 aromatic carbocycles. The van der Waals surface area contributed by atoms with E-state index in [0.29, 0.717) is 18.1 Å². The largest absolute Gasteiger partial charge is 0.307 e. The highest BCUT2D eigenvalue weighted by molar-refractivity contribution is 6.31. The smallest absolute Gasteiger partial charge is 0.124 e. The van der Waals surface area contributed by atoms with Crippen molar-refractivity contribution in [2.24, 2.45) is 0 Å². The van der Waals surface area contributed by atoms with Crippen LogP contribution in [0.15, 0.2) is 72.8 Å². The number of hydrogen-bond donors (Lipinski definition) is 1. The van der Waals surface area contributed by atoms with Crippen LogP contribution in [0.2, 0.25) is 5.02 Å². The number of nitrogens with one attached hydrogen (secondary N) is 1. The van der Waals surface area contributed by atoms with Gasteiger partial charge in [-0.1, -0.05) is 77.8 Å². The van der Waals surface area contributed by atoms with Gasteiger partial charge < -0.3 is 5.32 Å². The van der Waals surface area contributed by atoms with Crippen molar-refractivity contribution < 1.29 is 4.39 Å². The van der Waals surface area contributed by atoms with E-state index in [-0.39, 0.29) is 5.82 Å². The van der Waals surface area contributed by atoms with Crippen LogP contribution in [0.4, 0.5) is 4.39 Å². The first-order valence-corrected chi connectivity index (χ1v) is 10.2. The number of halogens is 2. The van der Waals surface area contributed by atoms with Crippen molar-refractivity contribution in [3.05, 3.63) is 106 Å². The molecule has 4 aromatic rings. The molecule has 0 atom stereocenters. The molecule has 1 heterocycles. The molecule has 0 aliphatic rings. The second kappa shape index (κ2) is 9.20. The van der Waals surface area contributed by atoms with Crippen molar-refractivity contribution >= 4 is 11.6 Å². The van der Waals surface area contributed by atoms with Gasteiger partial charge in [0.2, 0.25) is 0 Å². The maximum Gasteiger partial charge on any atom is 0.124 e. The minimum absolute atomic E-state index is 0.358. The van der Waals surface area contributed by atoms with E-state index < -0.39 is 0 Å². The standard InChI is InChI=1S/C24H22ClFN4/c1-17-7-9-18(10-8-17)14-27-15-23-24(19-5-3-2-4-6-19)29-30(28-23)16-20-11-12-21(26)13-22(20)25/h2-13,27H,14-16H2,1H3. The maximum atomic E-state index is 13.3. The molecule has 1 N–H and O–H groups in total. The summed E-state index contributed by atoms with van der Waals surface area (Å²) in [6, 6.07) is 22.8. The second-order valence-corrected chi connectivity index (χ2v) is 7.62. The summed E-state index contributed by atoms with van der Waals surface area (Å²) in [6.45, 7) is 3.77. The van der Waals surface area contributed by atoms with Crippen LogP contribution in [0.5, 0.6) is 0 Å². The van der Waals surface area contributed by atoms with E-state index in [1.54, 1.807) is 10.9 Å². The fraction of sp³-hybridized carbons (Fsp3) is 0.167. The monoisotopic (exact) mass is 420 g/mol. The molecule has 6 heteroatoms. The highest BCUT2D eigenvalue weighted by Crippen LogP contribution is 2.22. The highest BCUT2D eigenvalue weighted by Gasteiger charge is 2.14. The average Bonchev–Trinajstić information content (AvgIpc) is 3.15. The lowest BCUT2D eigenvalue weighted by molar-refractivity contribution is 0.574. The normalized spacial score (nSPS) is 11.0. The first-order chi connectivity index (χ1) is 14.6. The Morgan fingerprint density at radius 3 is 2.43 bits per heavy atom. The number of aromatic nitrogens is 3. The van der Waals surface area contributed by atoms with Crippen molar-refractivity contribution in [3.8, 4) is 11.3 Å². The van der Waals surface area contributed by atoms with Gasteiger partial charge in [-0.3, -0.25) is 0 Å². The molecular formula is C24H22ClFN4. The molecular weight excluding hydrogens is 399 g/mol. The Morgan fingerprint density at radius 2 is 1.70 bits per heavy atom. The number of aryl methyl sites for hydroxylation is 1. The summed E-state index contributed by atoms with van der Waals surface area (Å²) in [5.74, 6) is -0.358. The number of nitrogens with zero attached hydrogens (tertiary/aromatic N) is 3. The van der Waals surface area contributed by atoms with E-state index >= 15 is 0 Å². The lowest BCUT2D eigenvalue weighted by Gasteiger charge is -2.05. The summed E-state index contributed by atoms with van der Waals surface area (Å²) in [5, 5.41) is 13.2. The van der Waals surface area contributed by atoms with Crippen molar-refractivity contribution in [1.29, 1.82) is 0 Å². The topological polar surface area (TPSA) is 42.7 Å². The summed E-state index contributed by atoms with van der Waals surface area (Å²) in [4.78, 5) is 1.62. The zero-order chi connectivity index (χ0) is 20.9. The molecule has 0 amide bonds. The summed E-state index contributed by atoms with van der Waals surface area (Å²) in [6.07, 6.45) is 0. The average molecular weight is 421 g/mol. The van der Waals surface area contributed by atoms with E-state index in [1.165, 1.54) is 23.3 Å². The minimum Gasteiger partial charge on any atom is -0.307 e. The van der Waals surface area contributed by atoms with Gasteiger partial charge in [-0.25, -0.2) is 4.39 Å². The highest BCUT2D eigenvalue weighted by atomic mass is 35.5. The van der Waals surface area contributed by atoms with Crippen molar-refractivity contribution in [2.45, 2.75) is 26.6 Å². The Kier molecular flexibility index (Phi) is 6.21. The van der Waals surface area contributed by atoms with Crippen molar-refractivity contribution in [3.63, 3.8) is 0 Å². The maximum absolute atomic E-state index is 13.3. The Labute approximate surface area is 180 Å². The number of rotatable bonds is 7. The molecule has 4 nitrogen and oxygen atoms in total. The van der Waals surface area contributed by atoms with Crippen LogP contribution >= 0.6 is 11.6 Å². The van der Waals surface area contributed by atoms with Gasteiger partial charge in [-0.05, 0) is 30.2 Å². The second-order valence-electron chi connectivity index (χ2n) is 7.22. The van der Waals surface area contributed by atoms with E-state index in [2.05, 4.69) is 46.7 Å². The van der Waals surface area contributed by atoms with Gasteiger partial charge in [-0.2, -0.15) is 15.0 Å². The SMILES string of the molecule is Cc1ccc(CNCc2nn(Cc3ccc(F)cc3Cl)nc2-c2ccccc2)cc1. The number of benzene rings is 3. The quantitative estimate of drug-likeness (QED) is 0.436. The van der Waals surface area contributed by atoms with Crippen LogP contribution in [0.25, 0.3) is 11.3 Å². The third-order valence-corrected chi connectivity index (χ3v) is 5.19. The molecule has 0 bridgehead atoms. The zero-order valence-electron chi connectivity index (χ0n) is 16.6. The molecule has 1 aromatic heterocycles. The summed E-state index contributed by atoms with van der Waals surface area (Å²) >= 11 is 6.18. The molecule has 0 aliphatic carbocycles. The Bertz CT molecular complexity index is 1120. The van der Waals surface area contributed by atoms with E-state index in [9.17, 15) is 4.39 Å². The van der Waals surface area contributed by atoms with Crippen molar-refractivity contribution in [2.75, 3.05) is 0 Å². The molecule has 0 saturated carbocycles. The van der Waals surface area contributed by atoms with Crippen LogP contribution in [-0.2, 0) is 19.6 Å². The van der Waals surface area contributed by atoms with E-state index in [1.807, 2.05) is 30.3 Å². The minimum atomic E-state index is -0.358. The summed E-state index contributed by atoms with van der Waals surface area (Å²) < 4.78 is 13.3. The van der Waals surface area contributed by atoms with Crippen LogP contribution in [0, 0.1) is 12.7 Å². The third kappa shape index (κ3) is 4.93. The van der Waals surface area contributed by atoms with Gasteiger partial charge >= 0.3 is 0 Å². The van der Waals surface area contributed by atoms with Crippen molar-refractivity contribution in [1.82, 2.24) is 20.3 Å². The van der Waals surface area contributed by atoms with Gasteiger partial charge in [0.05, 0.1) is 6.54 Å².